The number of hydrogen-bond donors (Lipinski definition) is 1. The van der Waals surface area contributed by atoms with Gasteiger partial charge in [-0.05, 0) is 31.0 Å². The molecule has 0 spiro atoms. The lowest BCUT2D eigenvalue weighted by atomic mass is 10.2. The largest absolute Gasteiger partial charge is 0.495 e. The Hall–Kier alpha value is -3.46. The normalized spacial score (nSPS) is 14.2. The molecule has 0 unspecified atom stereocenters. The molecule has 0 saturated carbocycles. The number of rotatable bonds is 11. The lowest BCUT2D eigenvalue weighted by Gasteiger charge is -2.36. The highest BCUT2D eigenvalue weighted by atomic mass is 16.5. The van der Waals surface area contributed by atoms with E-state index in [1.165, 1.54) is 4.57 Å². The van der Waals surface area contributed by atoms with Gasteiger partial charge in [-0.1, -0.05) is 26.0 Å². The summed E-state index contributed by atoms with van der Waals surface area (Å²) in [5.41, 5.74) is 0.820. The van der Waals surface area contributed by atoms with Crippen molar-refractivity contribution in [2.24, 2.45) is 0 Å². The van der Waals surface area contributed by atoms with Crippen LogP contribution < -0.4 is 30.4 Å². The Balaban J connectivity index is 1.48. The Morgan fingerprint density at radius 2 is 1.53 bits per heavy atom. The van der Waals surface area contributed by atoms with E-state index in [9.17, 15) is 9.59 Å². The number of fused-ring (bicyclic) bond motifs is 1. The van der Waals surface area contributed by atoms with E-state index in [1.807, 2.05) is 32.0 Å². The Kier molecular flexibility index (Phi) is 8.53. The molecule has 0 amide bonds. The van der Waals surface area contributed by atoms with Crippen LogP contribution in [0.2, 0.25) is 0 Å². The number of piperazine rings is 1. The van der Waals surface area contributed by atoms with Crippen LogP contribution in [-0.4, -0.2) is 67.5 Å². The van der Waals surface area contributed by atoms with Gasteiger partial charge in [-0.25, -0.2) is 4.79 Å². The van der Waals surface area contributed by atoms with Crippen molar-refractivity contribution in [3.05, 3.63) is 57.2 Å². The molecule has 2 aromatic carbocycles. The van der Waals surface area contributed by atoms with Crippen LogP contribution in [0.15, 0.2) is 46.0 Å². The zero-order valence-electron chi connectivity index (χ0n) is 21.4. The lowest BCUT2D eigenvalue weighted by Crippen LogP contribution is -2.48. The topological polar surface area (TPSA) is 89.0 Å². The van der Waals surface area contributed by atoms with E-state index in [4.69, 9.17) is 14.2 Å². The van der Waals surface area contributed by atoms with E-state index in [0.29, 0.717) is 48.7 Å². The smallest absolute Gasteiger partial charge is 0.328 e. The van der Waals surface area contributed by atoms with Crippen LogP contribution in [0.25, 0.3) is 10.9 Å². The third-order valence-electron chi connectivity index (χ3n) is 6.41. The fourth-order valence-corrected chi connectivity index (χ4v) is 4.46. The number of para-hydroxylation sites is 2. The minimum Gasteiger partial charge on any atom is -0.495 e. The standard InChI is InChI=1S/C27H36N4O5/c1-4-16-35-24-18-20-21(19-25(24)36-17-5-2)28-27(33)31(26(20)32)15-12-29-10-13-30(14-11-29)22-8-6-7-9-23(22)34-3/h6-9,18-19H,4-5,10-17H2,1-3H3,(H,28,33). The number of anilines is 1. The van der Waals surface area contributed by atoms with Crippen molar-refractivity contribution in [3.63, 3.8) is 0 Å². The highest BCUT2D eigenvalue weighted by Crippen LogP contribution is 2.31. The van der Waals surface area contributed by atoms with Gasteiger partial charge in [0.2, 0.25) is 0 Å². The number of nitrogens with one attached hydrogen (secondary N) is 1. The van der Waals surface area contributed by atoms with Gasteiger partial charge in [0.25, 0.3) is 5.56 Å². The van der Waals surface area contributed by atoms with Crippen LogP contribution in [-0.2, 0) is 6.54 Å². The molecule has 0 atom stereocenters. The van der Waals surface area contributed by atoms with Gasteiger partial charge in [0.05, 0.1) is 36.9 Å². The fourth-order valence-electron chi connectivity index (χ4n) is 4.46. The monoisotopic (exact) mass is 496 g/mol. The molecular weight excluding hydrogens is 460 g/mol. The van der Waals surface area contributed by atoms with E-state index in [1.54, 1.807) is 19.2 Å². The summed E-state index contributed by atoms with van der Waals surface area (Å²) in [5.74, 6) is 1.94. The average Bonchev–Trinajstić information content (AvgIpc) is 2.91. The molecule has 1 aliphatic heterocycles. The second-order valence-corrected chi connectivity index (χ2v) is 8.93. The number of H-pyrrole nitrogens is 1. The second-order valence-electron chi connectivity index (χ2n) is 8.93. The van der Waals surface area contributed by atoms with Gasteiger partial charge in [0.15, 0.2) is 11.5 Å². The Morgan fingerprint density at radius 3 is 2.19 bits per heavy atom. The summed E-state index contributed by atoms with van der Waals surface area (Å²) in [6.07, 6.45) is 1.68. The summed E-state index contributed by atoms with van der Waals surface area (Å²) in [7, 11) is 1.69. The Bertz CT molecular complexity index is 1280. The minimum atomic E-state index is -0.413. The number of ether oxygens (including phenoxy) is 3. The zero-order valence-corrected chi connectivity index (χ0v) is 21.4. The van der Waals surface area contributed by atoms with Crippen molar-refractivity contribution < 1.29 is 14.2 Å². The molecule has 1 fully saturated rings. The maximum absolute atomic E-state index is 13.3. The van der Waals surface area contributed by atoms with Crippen molar-refractivity contribution in [1.82, 2.24) is 14.5 Å². The van der Waals surface area contributed by atoms with Crippen LogP contribution in [0, 0.1) is 0 Å². The highest BCUT2D eigenvalue weighted by Gasteiger charge is 2.20. The summed E-state index contributed by atoms with van der Waals surface area (Å²) < 4.78 is 18.4. The highest BCUT2D eigenvalue weighted by molar-refractivity contribution is 5.81. The van der Waals surface area contributed by atoms with Crippen LogP contribution in [0.4, 0.5) is 5.69 Å². The van der Waals surface area contributed by atoms with E-state index in [0.717, 1.165) is 50.5 Å². The Labute approximate surface area is 211 Å². The van der Waals surface area contributed by atoms with Crippen LogP contribution in [0.3, 0.4) is 0 Å². The first-order valence-corrected chi connectivity index (χ1v) is 12.7. The number of aromatic amines is 1. The van der Waals surface area contributed by atoms with Crippen molar-refractivity contribution in [2.75, 3.05) is 57.9 Å². The number of hydrogen-bond acceptors (Lipinski definition) is 7. The van der Waals surface area contributed by atoms with Crippen LogP contribution in [0.1, 0.15) is 26.7 Å². The molecule has 9 heteroatoms. The maximum Gasteiger partial charge on any atom is 0.328 e. The van der Waals surface area contributed by atoms with Gasteiger partial charge in [0.1, 0.15) is 5.75 Å². The molecule has 0 aliphatic carbocycles. The molecule has 1 aliphatic rings. The number of aromatic nitrogens is 2. The van der Waals surface area contributed by atoms with Crippen molar-refractivity contribution in [2.45, 2.75) is 33.2 Å². The molecule has 9 nitrogen and oxygen atoms in total. The minimum absolute atomic E-state index is 0.315. The van der Waals surface area contributed by atoms with Gasteiger partial charge in [-0.3, -0.25) is 14.3 Å². The first-order valence-electron chi connectivity index (χ1n) is 12.7. The third-order valence-corrected chi connectivity index (χ3v) is 6.41. The van der Waals surface area contributed by atoms with Gasteiger partial charge < -0.3 is 24.1 Å². The quantitative estimate of drug-likeness (QED) is 0.436. The molecule has 2 heterocycles. The predicted octanol–water partition coefficient (Wildman–Crippen LogP) is 3.10. The van der Waals surface area contributed by atoms with E-state index >= 15 is 0 Å². The molecule has 0 bridgehead atoms. The molecule has 1 N–H and O–H groups in total. The molecule has 3 aromatic rings. The third kappa shape index (κ3) is 5.67. The van der Waals surface area contributed by atoms with Gasteiger partial charge in [0, 0.05) is 45.3 Å². The van der Waals surface area contributed by atoms with E-state index in [-0.39, 0.29) is 5.56 Å². The van der Waals surface area contributed by atoms with E-state index < -0.39 is 5.69 Å². The molecule has 194 valence electrons. The van der Waals surface area contributed by atoms with Crippen LogP contribution in [0.5, 0.6) is 17.2 Å². The van der Waals surface area contributed by atoms with Crippen molar-refractivity contribution in [3.8, 4) is 17.2 Å². The van der Waals surface area contributed by atoms with Crippen LogP contribution >= 0.6 is 0 Å². The summed E-state index contributed by atoms with van der Waals surface area (Å²) >= 11 is 0. The maximum atomic E-state index is 13.3. The Morgan fingerprint density at radius 1 is 0.861 bits per heavy atom. The molecule has 36 heavy (non-hydrogen) atoms. The van der Waals surface area contributed by atoms with Crippen molar-refractivity contribution >= 4 is 16.6 Å². The van der Waals surface area contributed by atoms with Gasteiger partial charge >= 0.3 is 5.69 Å². The summed E-state index contributed by atoms with van der Waals surface area (Å²) in [4.78, 5) is 33.5. The first-order chi connectivity index (χ1) is 17.5. The number of benzene rings is 2. The molecule has 1 saturated heterocycles. The zero-order chi connectivity index (χ0) is 25.5. The lowest BCUT2D eigenvalue weighted by molar-refractivity contribution is 0.245. The van der Waals surface area contributed by atoms with Gasteiger partial charge in [-0.2, -0.15) is 0 Å². The number of nitrogens with zero attached hydrogens (tertiary/aromatic N) is 3. The second kappa shape index (κ2) is 12.0. The molecule has 1 aromatic heterocycles. The SMILES string of the molecule is CCCOc1cc2[nH]c(=O)n(CCN3CCN(c4ccccc4OC)CC3)c(=O)c2cc1OCCC. The molecular formula is C27H36N4O5. The van der Waals surface area contributed by atoms with Gasteiger partial charge in [-0.15, -0.1) is 0 Å². The summed E-state index contributed by atoms with van der Waals surface area (Å²) in [6.45, 7) is 9.40. The fraction of sp³-hybridized carbons (Fsp3) is 0.481. The van der Waals surface area contributed by atoms with E-state index in [2.05, 4.69) is 20.9 Å². The van der Waals surface area contributed by atoms with Crippen molar-refractivity contribution in [1.29, 1.82) is 0 Å². The first kappa shape index (κ1) is 25.6. The average molecular weight is 497 g/mol. The predicted molar refractivity (Wildman–Crippen MR) is 142 cm³/mol. The molecule has 4 rings (SSSR count). The summed E-state index contributed by atoms with van der Waals surface area (Å²) in [5, 5.41) is 0.422. The number of methoxy groups -OCH3 is 1. The molecule has 0 radical (unpaired) electrons. The summed E-state index contributed by atoms with van der Waals surface area (Å²) in [6, 6.07) is 11.4.